The van der Waals surface area contributed by atoms with Gasteiger partial charge in [-0.2, -0.15) is 0 Å². The topological polar surface area (TPSA) is 55.1 Å². The molecule has 1 fully saturated rings. The van der Waals surface area contributed by atoms with Gasteiger partial charge in [0.1, 0.15) is 0 Å². The molecule has 1 aliphatic carbocycles. The lowest BCUT2D eigenvalue weighted by atomic mass is 9.98. The Bertz CT molecular complexity index is 207. The van der Waals surface area contributed by atoms with Crippen molar-refractivity contribution in [3.05, 3.63) is 12.7 Å². The number of nitrogens with two attached hydrogens (primary N) is 1. The van der Waals surface area contributed by atoms with Gasteiger partial charge in [0, 0.05) is 6.04 Å². The van der Waals surface area contributed by atoms with Crippen molar-refractivity contribution in [2.45, 2.75) is 44.2 Å². The minimum absolute atomic E-state index is 0.00789. The fourth-order valence-electron chi connectivity index (χ4n) is 1.64. The highest BCUT2D eigenvalue weighted by atomic mass is 16.2. The van der Waals surface area contributed by atoms with Crippen LogP contribution >= 0.6 is 0 Å². The van der Waals surface area contributed by atoms with Crippen molar-refractivity contribution in [3.8, 4) is 0 Å². The predicted octanol–water partition coefficient (Wildman–Crippen LogP) is 0.949. The normalized spacial score (nSPS) is 22.3. The molecule has 0 aromatic heterocycles. The summed E-state index contributed by atoms with van der Waals surface area (Å²) in [5, 5.41) is 2.83. The zero-order chi connectivity index (χ0) is 9.90. The third-order valence-corrected chi connectivity index (χ3v) is 2.66. The Morgan fingerprint density at radius 1 is 1.62 bits per heavy atom. The van der Waals surface area contributed by atoms with Gasteiger partial charge in [0.15, 0.2) is 0 Å². The van der Waals surface area contributed by atoms with Crippen LogP contribution in [0.2, 0.25) is 0 Å². The molecule has 1 atom stereocenters. The zero-order valence-electron chi connectivity index (χ0n) is 8.18. The van der Waals surface area contributed by atoms with Crippen molar-refractivity contribution in [2.24, 2.45) is 5.73 Å². The van der Waals surface area contributed by atoms with Gasteiger partial charge in [-0.25, -0.2) is 0 Å². The molecule has 0 aromatic rings. The van der Waals surface area contributed by atoms with Gasteiger partial charge in [0.25, 0.3) is 0 Å². The summed E-state index contributed by atoms with van der Waals surface area (Å²) in [6.45, 7) is 5.50. The lowest BCUT2D eigenvalue weighted by Gasteiger charge is -2.23. The lowest BCUT2D eigenvalue weighted by molar-refractivity contribution is -0.126. The monoisotopic (exact) mass is 182 g/mol. The number of nitrogens with one attached hydrogen (secondary N) is 1. The van der Waals surface area contributed by atoms with Crippen LogP contribution in [0.5, 0.6) is 0 Å². The smallest absolute Gasteiger partial charge is 0.240 e. The summed E-state index contributed by atoms with van der Waals surface area (Å²) in [6.07, 6.45) is 5.44. The highest BCUT2D eigenvalue weighted by Gasteiger charge is 2.37. The van der Waals surface area contributed by atoms with Crippen molar-refractivity contribution in [1.82, 2.24) is 5.32 Å². The van der Waals surface area contributed by atoms with E-state index in [1.54, 1.807) is 6.08 Å². The average Bonchev–Trinajstić information content (AvgIpc) is 2.53. The first-order chi connectivity index (χ1) is 6.08. The van der Waals surface area contributed by atoms with Crippen LogP contribution < -0.4 is 11.1 Å². The van der Waals surface area contributed by atoms with E-state index in [0.29, 0.717) is 0 Å². The molecule has 3 heteroatoms. The predicted molar refractivity (Wildman–Crippen MR) is 53.2 cm³/mol. The number of carbonyl (C=O) groups excluding carboxylic acids is 1. The minimum Gasteiger partial charge on any atom is -0.349 e. The van der Waals surface area contributed by atoms with Crippen molar-refractivity contribution < 1.29 is 4.79 Å². The van der Waals surface area contributed by atoms with E-state index in [0.717, 1.165) is 25.7 Å². The van der Waals surface area contributed by atoms with E-state index in [1.165, 1.54) is 0 Å². The highest BCUT2D eigenvalue weighted by Crippen LogP contribution is 2.27. The molecule has 0 aliphatic heterocycles. The molecule has 1 rings (SSSR count). The second kappa shape index (κ2) is 3.92. The Morgan fingerprint density at radius 3 is 2.62 bits per heavy atom. The third-order valence-electron chi connectivity index (χ3n) is 2.66. The van der Waals surface area contributed by atoms with Gasteiger partial charge in [-0.05, 0) is 19.8 Å². The maximum atomic E-state index is 11.7. The molecule has 74 valence electrons. The molecule has 1 aliphatic rings. The van der Waals surface area contributed by atoms with Gasteiger partial charge in [-0.1, -0.05) is 18.9 Å². The first-order valence-corrected chi connectivity index (χ1v) is 4.81. The number of rotatable bonds is 3. The molecule has 13 heavy (non-hydrogen) atoms. The zero-order valence-corrected chi connectivity index (χ0v) is 8.18. The molecule has 1 unspecified atom stereocenters. The Balaban J connectivity index is 2.51. The molecule has 0 saturated heterocycles. The van der Waals surface area contributed by atoms with Crippen LogP contribution in [0, 0.1) is 0 Å². The molecule has 0 aromatic carbocycles. The van der Waals surface area contributed by atoms with Crippen molar-refractivity contribution in [3.63, 3.8) is 0 Å². The summed E-state index contributed by atoms with van der Waals surface area (Å²) in [4.78, 5) is 11.7. The molecule has 0 spiro atoms. The molecule has 0 heterocycles. The van der Waals surface area contributed by atoms with Crippen molar-refractivity contribution >= 4 is 5.91 Å². The minimum atomic E-state index is -0.614. The highest BCUT2D eigenvalue weighted by molar-refractivity contribution is 5.86. The molecule has 1 saturated carbocycles. The van der Waals surface area contributed by atoms with Crippen LogP contribution in [0.3, 0.4) is 0 Å². The fraction of sp³-hybridized carbons (Fsp3) is 0.700. The van der Waals surface area contributed by atoms with Crippen molar-refractivity contribution in [1.29, 1.82) is 0 Å². The summed E-state index contributed by atoms with van der Waals surface area (Å²) in [5.41, 5.74) is 5.35. The van der Waals surface area contributed by atoms with E-state index in [-0.39, 0.29) is 11.9 Å². The van der Waals surface area contributed by atoms with E-state index < -0.39 is 5.54 Å². The summed E-state index contributed by atoms with van der Waals surface area (Å²) < 4.78 is 0. The van der Waals surface area contributed by atoms with E-state index in [1.807, 2.05) is 6.92 Å². The molecule has 1 amide bonds. The average molecular weight is 182 g/mol. The standard InChI is InChI=1S/C10H18N2O/c1-3-8(2)12-9(13)10(11)6-4-5-7-10/h3,8H,1,4-7,11H2,2H3,(H,12,13). The van der Waals surface area contributed by atoms with Gasteiger partial charge in [-0.3, -0.25) is 4.79 Å². The second-order valence-electron chi connectivity index (χ2n) is 3.86. The largest absolute Gasteiger partial charge is 0.349 e. The Morgan fingerprint density at radius 2 is 2.15 bits per heavy atom. The summed E-state index contributed by atoms with van der Waals surface area (Å²) in [5.74, 6) is -0.0302. The number of carbonyl (C=O) groups is 1. The van der Waals surface area contributed by atoms with Gasteiger partial charge < -0.3 is 11.1 Å². The molecular weight excluding hydrogens is 164 g/mol. The fourth-order valence-corrected chi connectivity index (χ4v) is 1.64. The van der Waals surface area contributed by atoms with Crippen LogP contribution in [0.1, 0.15) is 32.6 Å². The van der Waals surface area contributed by atoms with Crippen LogP contribution in [0.25, 0.3) is 0 Å². The Kier molecular flexibility index (Phi) is 3.09. The van der Waals surface area contributed by atoms with E-state index >= 15 is 0 Å². The third kappa shape index (κ3) is 2.31. The van der Waals surface area contributed by atoms with E-state index in [4.69, 9.17) is 5.73 Å². The molecule has 3 nitrogen and oxygen atoms in total. The summed E-state index contributed by atoms with van der Waals surface area (Å²) in [7, 11) is 0. The van der Waals surface area contributed by atoms with Gasteiger partial charge in [-0.15, -0.1) is 6.58 Å². The van der Waals surface area contributed by atoms with Crippen LogP contribution in [-0.2, 0) is 4.79 Å². The molecule has 0 radical (unpaired) electrons. The maximum absolute atomic E-state index is 11.7. The van der Waals surface area contributed by atoms with E-state index in [9.17, 15) is 4.79 Å². The van der Waals surface area contributed by atoms with E-state index in [2.05, 4.69) is 11.9 Å². The first kappa shape index (κ1) is 10.3. The van der Waals surface area contributed by atoms with Crippen molar-refractivity contribution in [2.75, 3.05) is 0 Å². The number of amides is 1. The van der Waals surface area contributed by atoms with Gasteiger partial charge >= 0.3 is 0 Å². The quantitative estimate of drug-likeness (QED) is 0.638. The molecule has 0 bridgehead atoms. The molecular formula is C10H18N2O. The maximum Gasteiger partial charge on any atom is 0.240 e. The van der Waals surface area contributed by atoms with Gasteiger partial charge in [0.05, 0.1) is 5.54 Å². The van der Waals surface area contributed by atoms with Crippen LogP contribution in [0.15, 0.2) is 12.7 Å². The second-order valence-corrected chi connectivity index (χ2v) is 3.86. The Labute approximate surface area is 79.4 Å². The Hall–Kier alpha value is -0.830. The first-order valence-electron chi connectivity index (χ1n) is 4.81. The molecule has 3 N–H and O–H groups in total. The lowest BCUT2D eigenvalue weighted by Crippen LogP contribution is -2.53. The summed E-state index contributed by atoms with van der Waals surface area (Å²) in [6, 6.07) is 0.00789. The van der Waals surface area contributed by atoms with Crippen LogP contribution in [0.4, 0.5) is 0 Å². The summed E-state index contributed by atoms with van der Waals surface area (Å²) >= 11 is 0. The van der Waals surface area contributed by atoms with Gasteiger partial charge in [0.2, 0.25) is 5.91 Å². The SMILES string of the molecule is C=CC(C)NC(=O)C1(N)CCCC1. The number of hydrogen-bond acceptors (Lipinski definition) is 2. The number of hydrogen-bond donors (Lipinski definition) is 2. The van der Waals surface area contributed by atoms with Crippen LogP contribution in [-0.4, -0.2) is 17.5 Å².